The van der Waals surface area contributed by atoms with Gasteiger partial charge in [-0.25, -0.2) is 4.99 Å². The standard InChI is InChI=1S/C26H25ClN2O4S/c1-4-17(2)33-24-21(27)13-18(14-22(24)31-3)15-23-25(30)29(16-20-11-8-12-32-20)26(34-23)28-19-9-6-5-7-10-19/h5-15,17H,4,16H2,1-3H3/b23-15-,28-26?/t17-/m0/s1. The minimum Gasteiger partial charge on any atom is -0.493 e. The van der Waals surface area contributed by atoms with Gasteiger partial charge in [-0.3, -0.25) is 9.69 Å². The fourth-order valence-corrected chi connectivity index (χ4v) is 4.54. The maximum absolute atomic E-state index is 13.4. The summed E-state index contributed by atoms with van der Waals surface area (Å²) >= 11 is 7.83. The lowest BCUT2D eigenvalue weighted by Gasteiger charge is -2.17. The Morgan fingerprint density at radius 1 is 1.21 bits per heavy atom. The zero-order chi connectivity index (χ0) is 24.1. The summed E-state index contributed by atoms with van der Waals surface area (Å²) in [7, 11) is 1.57. The number of nitrogens with zero attached hydrogens (tertiary/aromatic N) is 2. The minimum atomic E-state index is -0.161. The summed E-state index contributed by atoms with van der Waals surface area (Å²) in [5.41, 5.74) is 1.49. The first-order chi connectivity index (χ1) is 16.5. The van der Waals surface area contributed by atoms with Crippen LogP contribution in [0.2, 0.25) is 5.02 Å². The molecule has 3 aromatic rings. The number of carbonyl (C=O) groups excluding carboxylic acids is 1. The van der Waals surface area contributed by atoms with E-state index < -0.39 is 0 Å². The van der Waals surface area contributed by atoms with Gasteiger partial charge in [0.1, 0.15) is 5.76 Å². The Labute approximate surface area is 208 Å². The number of benzene rings is 2. The fraction of sp³-hybridized carbons (Fsp3) is 0.231. The van der Waals surface area contributed by atoms with Gasteiger partial charge in [-0.05, 0) is 73.1 Å². The molecule has 1 saturated heterocycles. The van der Waals surface area contributed by atoms with Crippen LogP contribution in [0.1, 0.15) is 31.6 Å². The number of hydrogen-bond donors (Lipinski definition) is 0. The summed E-state index contributed by atoms with van der Waals surface area (Å²) in [5, 5.41) is 1.00. The molecule has 0 unspecified atom stereocenters. The Balaban J connectivity index is 1.68. The maximum atomic E-state index is 13.4. The number of aliphatic imine (C=N–C) groups is 1. The average Bonchev–Trinajstić information content (AvgIpc) is 3.45. The smallest absolute Gasteiger partial charge is 0.267 e. The summed E-state index contributed by atoms with van der Waals surface area (Å²) in [4.78, 5) is 20.2. The van der Waals surface area contributed by atoms with Crippen molar-refractivity contribution in [3.05, 3.63) is 82.1 Å². The molecule has 0 bridgehead atoms. The zero-order valence-corrected chi connectivity index (χ0v) is 20.7. The summed E-state index contributed by atoms with van der Waals surface area (Å²) in [6.07, 6.45) is 4.21. The van der Waals surface area contributed by atoms with E-state index in [4.69, 9.17) is 30.5 Å². The van der Waals surface area contributed by atoms with Crippen molar-refractivity contribution in [2.24, 2.45) is 4.99 Å². The van der Waals surface area contributed by atoms with Gasteiger partial charge in [0, 0.05) is 0 Å². The van der Waals surface area contributed by atoms with Crippen LogP contribution in [0.15, 0.2) is 75.2 Å². The molecule has 0 spiro atoms. The van der Waals surface area contributed by atoms with E-state index in [1.54, 1.807) is 36.5 Å². The van der Waals surface area contributed by atoms with Crippen molar-refractivity contribution in [1.82, 2.24) is 4.90 Å². The van der Waals surface area contributed by atoms with Crippen molar-refractivity contribution in [2.45, 2.75) is 32.9 Å². The summed E-state index contributed by atoms with van der Waals surface area (Å²) < 4.78 is 16.9. The van der Waals surface area contributed by atoms with E-state index in [-0.39, 0.29) is 18.6 Å². The van der Waals surface area contributed by atoms with Crippen LogP contribution in [-0.4, -0.2) is 29.2 Å². The van der Waals surface area contributed by atoms with Gasteiger partial charge in [0.15, 0.2) is 16.7 Å². The quantitative estimate of drug-likeness (QED) is 0.316. The molecule has 34 heavy (non-hydrogen) atoms. The predicted molar refractivity (Wildman–Crippen MR) is 137 cm³/mol. The second-order valence-corrected chi connectivity index (χ2v) is 9.10. The lowest BCUT2D eigenvalue weighted by molar-refractivity contribution is -0.122. The van der Waals surface area contributed by atoms with Crippen molar-refractivity contribution in [3.63, 3.8) is 0 Å². The largest absolute Gasteiger partial charge is 0.493 e. The number of thioether (sulfide) groups is 1. The van der Waals surface area contributed by atoms with Crippen LogP contribution in [0.5, 0.6) is 11.5 Å². The van der Waals surface area contributed by atoms with E-state index in [9.17, 15) is 4.79 Å². The number of hydrogen-bond acceptors (Lipinski definition) is 6. The van der Waals surface area contributed by atoms with Gasteiger partial charge in [0.25, 0.3) is 5.91 Å². The molecular weight excluding hydrogens is 472 g/mol. The number of carbonyl (C=O) groups is 1. The third-order valence-electron chi connectivity index (χ3n) is 5.21. The Hall–Kier alpha value is -3.16. The number of ether oxygens (including phenoxy) is 2. The lowest BCUT2D eigenvalue weighted by atomic mass is 10.1. The summed E-state index contributed by atoms with van der Waals surface area (Å²) in [6.45, 7) is 4.30. The molecule has 176 valence electrons. The molecule has 8 heteroatoms. The highest BCUT2D eigenvalue weighted by atomic mass is 35.5. The molecule has 0 saturated carbocycles. The van der Waals surface area contributed by atoms with Crippen molar-refractivity contribution in [1.29, 1.82) is 0 Å². The first-order valence-corrected chi connectivity index (χ1v) is 12.1. The Morgan fingerprint density at radius 3 is 2.68 bits per heavy atom. The number of amidine groups is 1. The zero-order valence-electron chi connectivity index (χ0n) is 19.2. The average molecular weight is 497 g/mol. The monoisotopic (exact) mass is 496 g/mol. The van der Waals surface area contributed by atoms with E-state index in [0.717, 1.165) is 17.7 Å². The van der Waals surface area contributed by atoms with Gasteiger partial charge < -0.3 is 13.9 Å². The first kappa shape index (κ1) is 24.0. The van der Waals surface area contributed by atoms with Crippen LogP contribution in [-0.2, 0) is 11.3 Å². The predicted octanol–water partition coefficient (Wildman–Crippen LogP) is 6.92. The third-order valence-corrected chi connectivity index (χ3v) is 6.49. The summed E-state index contributed by atoms with van der Waals surface area (Å²) in [5.74, 6) is 1.52. The molecule has 1 fully saturated rings. The fourth-order valence-electron chi connectivity index (χ4n) is 3.28. The maximum Gasteiger partial charge on any atom is 0.267 e. The molecule has 1 aliphatic heterocycles. The molecule has 1 atom stereocenters. The van der Waals surface area contributed by atoms with Crippen LogP contribution in [0.25, 0.3) is 6.08 Å². The molecule has 1 aliphatic rings. The molecule has 1 aromatic heterocycles. The van der Waals surface area contributed by atoms with E-state index in [0.29, 0.717) is 32.4 Å². The van der Waals surface area contributed by atoms with Gasteiger partial charge in [-0.1, -0.05) is 36.7 Å². The molecule has 0 N–H and O–H groups in total. The summed E-state index contributed by atoms with van der Waals surface area (Å²) in [6, 6.07) is 16.7. The van der Waals surface area contributed by atoms with Crippen LogP contribution in [0.4, 0.5) is 5.69 Å². The van der Waals surface area contributed by atoms with Crippen molar-refractivity contribution in [2.75, 3.05) is 7.11 Å². The van der Waals surface area contributed by atoms with Gasteiger partial charge >= 0.3 is 0 Å². The lowest BCUT2D eigenvalue weighted by Crippen LogP contribution is -2.28. The van der Waals surface area contributed by atoms with Crippen LogP contribution < -0.4 is 9.47 Å². The van der Waals surface area contributed by atoms with Gasteiger partial charge in [-0.2, -0.15) is 0 Å². The van der Waals surface area contributed by atoms with Crippen LogP contribution in [0, 0.1) is 0 Å². The highest BCUT2D eigenvalue weighted by molar-refractivity contribution is 8.18. The minimum absolute atomic E-state index is 0.00511. The van der Waals surface area contributed by atoms with Crippen molar-refractivity contribution < 1.29 is 18.7 Å². The van der Waals surface area contributed by atoms with E-state index in [1.807, 2.05) is 56.3 Å². The number of para-hydroxylation sites is 1. The number of rotatable bonds is 8. The number of halogens is 1. The van der Waals surface area contributed by atoms with Gasteiger partial charge in [-0.15, -0.1) is 0 Å². The Bertz CT molecular complexity index is 1210. The highest BCUT2D eigenvalue weighted by Gasteiger charge is 2.34. The number of methoxy groups -OCH3 is 1. The SMILES string of the molecule is CC[C@H](C)Oc1c(Cl)cc(/C=C2\SC(=Nc3ccccc3)N(Cc3ccco3)C2=O)cc1OC. The van der Waals surface area contributed by atoms with Crippen molar-refractivity contribution in [3.8, 4) is 11.5 Å². The molecule has 4 rings (SSSR count). The highest BCUT2D eigenvalue weighted by Crippen LogP contribution is 2.40. The Kier molecular flexibility index (Phi) is 7.65. The van der Waals surface area contributed by atoms with Gasteiger partial charge in [0.2, 0.25) is 0 Å². The third kappa shape index (κ3) is 5.48. The molecule has 1 amide bonds. The molecule has 2 heterocycles. The van der Waals surface area contributed by atoms with E-state index >= 15 is 0 Å². The molecule has 6 nitrogen and oxygen atoms in total. The first-order valence-electron chi connectivity index (χ1n) is 10.9. The molecule has 0 aliphatic carbocycles. The van der Waals surface area contributed by atoms with Crippen LogP contribution >= 0.6 is 23.4 Å². The normalized spacial score (nSPS) is 16.9. The topological polar surface area (TPSA) is 64.3 Å². The van der Waals surface area contributed by atoms with E-state index in [2.05, 4.69) is 0 Å². The molecular formula is C26H25ClN2O4S. The van der Waals surface area contributed by atoms with Crippen molar-refractivity contribution >= 4 is 46.2 Å². The number of furan rings is 1. The van der Waals surface area contributed by atoms with Crippen LogP contribution in [0.3, 0.4) is 0 Å². The number of amides is 1. The Morgan fingerprint density at radius 2 is 2.00 bits per heavy atom. The van der Waals surface area contributed by atoms with Gasteiger partial charge in [0.05, 0.1) is 41.6 Å². The molecule has 0 radical (unpaired) electrons. The molecule has 2 aromatic carbocycles. The second kappa shape index (κ2) is 10.8. The van der Waals surface area contributed by atoms with E-state index in [1.165, 1.54) is 11.8 Å². The second-order valence-electron chi connectivity index (χ2n) is 7.68.